The van der Waals surface area contributed by atoms with Gasteiger partial charge >= 0.3 is 0 Å². The number of aryl methyl sites for hydroxylation is 1. The first-order chi connectivity index (χ1) is 16.4. The number of anilines is 1. The Labute approximate surface area is 194 Å². The molecule has 3 aromatic carbocycles. The molecule has 0 saturated heterocycles. The highest BCUT2D eigenvalue weighted by atomic mass is 19.1. The molecular formula is C26H22FNO6. The molecule has 0 saturated carbocycles. The number of hydrogen-bond acceptors (Lipinski definition) is 6. The number of nitrogens with one attached hydrogen (secondary N) is 1. The summed E-state index contributed by atoms with van der Waals surface area (Å²) in [6.45, 7) is 1.41. The third-order valence-electron chi connectivity index (χ3n) is 5.18. The van der Waals surface area contributed by atoms with Gasteiger partial charge in [0, 0.05) is 30.0 Å². The number of fused-ring (bicyclic) bond motifs is 1. The number of carbonyl (C=O) groups is 1. The minimum absolute atomic E-state index is 0.235. The van der Waals surface area contributed by atoms with Crippen molar-refractivity contribution < 1.29 is 27.8 Å². The minimum Gasteiger partial charge on any atom is -0.497 e. The molecule has 7 nitrogen and oxygen atoms in total. The predicted molar refractivity (Wildman–Crippen MR) is 126 cm³/mol. The molecule has 4 aromatic rings. The minimum atomic E-state index is -0.389. The average molecular weight is 463 g/mol. The average Bonchev–Trinajstić information content (AvgIpc) is 2.83. The van der Waals surface area contributed by atoms with Crippen LogP contribution in [0.4, 0.5) is 10.1 Å². The van der Waals surface area contributed by atoms with Crippen molar-refractivity contribution in [3.8, 4) is 28.4 Å². The first-order valence-corrected chi connectivity index (χ1v) is 10.4. The molecule has 1 N–H and O–H groups in total. The first-order valence-electron chi connectivity index (χ1n) is 10.4. The van der Waals surface area contributed by atoms with E-state index in [0.717, 1.165) is 0 Å². The predicted octanol–water partition coefficient (Wildman–Crippen LogP) is 4.94. The standard InChI is InChI=1S/C26H22FNO6/c1-15-25(16-4-6-17(27)7-5-16)26(30)22-9-8-19(13-23(22)34-15)33-14-24(29)28-18-10-20(31-2)12-21(11-18)32-3/h4-13H,14H2,1-3H3,(H,28,29). The van der Waals surface area contributed by atoms with Gasteiger partial charge in [0.05, 0.1) is 25.2 Å². The topological polar surface area (TPSA) is 87.0 Å². The lowest BCUT2D eigenvalue weighted by Crippen LogP contribution is -2.20. The quantitative estimate of drug-likeness (QED) is 0.418. The van der Waals surface area contributed by atoms with Gasteiger partial charge in [-0.15, -0.1) is 0 Å². The highest BCUT2D eigenvalue weighted by Gasteiger charge is 2.15. The van der Waals surface area contributed by atoms with Crippen molar-refractivity contribution in [3.05, 3.63) is 82.5 Å². The van der Waals surface area contributed by atoms with Crippen molar-refractivity contribution in [1.29, 1.82) is 0 Å². The van der Waals surface area contributed by atoms with Gasteiger partial charge in [-0.2, -0.15) is 0 Å². The Morgan fingerprint density at radius 1 is 0.941 bits per heavy atom. The Morgan fingerprint density at radius 3 is 2.26 bits per heavy atom. The highest BCUT2D eigenvalue weighted by molar-refractivity contribution is 5.92. The summed E-state index contributed by atoms with van der Waals surface area (Å²) in [7, 11) is 3.04. The smallest absolute Gasteiger partial charge is 0.262 e. The molecule has 0 unspecified atom stereocenters. The van der Waals surface area contributed by atoms with Crippen LogP contribution in [0.1, 0.15) is 5.76 Å². The first kappa shape index (κ1) is 22.8. The maximum atomic E-state index is 13.3. The highest BCUT2D eigenvalue weighted by Crippen LogP contribution is 2.27. The molecule has 0 radical (unpaired) electrons. The van der Waals surface area contributed by atoms with E-state index >= 15 is 0 Å². The van der Waals surface area contributed by atoms with Crippen molar-refractivity contribution in [2.45, 2.75) is 6.92 Å². The lowest BCUT2D eigenvalue weighted by Gasteiger charge is -2.11. The largest absolute Gasteiger partial charge is 0.497 e. The number of amides is 1. The number of ether oxygens (including phenoxy) is 3. The van der Waals surface area contributed by atoms with Crippen LogP contribution in [0.25, 0.3) is 22.1 Å². The Balaban J connectivity index is 1.51. The van der Waals surface area contributed by atoms with E-state index in [9.17, 15) is 14.0 Å². The normalized spacial score (nSPS) is 10.7. The molecule has 0 bridgehead atoms. The van der Waals surface area contributed by atoms with Crippen molar-refractivity contribution in [2.75, 3.05) is 26.1 Å². The van der Waals surface area contributed by atoms with Gasteiger partial charge in [0.2, 0.25) is 5.43 Å². The second kappa shape index (κ2) is 9.66. The summed E-state index contributed by atoms with van der Waals surface area (Å²) in [6.07, 6.45) is 0. The number of benzene rings is 3. The summed E-state index contributed by atoms with van der Waals surface area (Å²) >= 11 is 0. The summed E-state index contributed by atoms with van der Waals surface area (Å²) in [4.78, 5) is 25.4. The molecular weight excluding hydrogens is 441 g/mol. The van der Waals surface area contributed by atoms with E-state index in [0.29, 0.717) is 50.8 Å². The van der Waals surface area contributed by atoms with Gasteiger partial charge in [-0.3, -0.25) is 9.59 Å². The Kier molecular flexibility index (Phi) is 6.49. The van der Waals surface area contributed by atoms with E-state index in [2.05, 4.69) is 5.32 Å². The monoisotopic (exact) mass is 463 g/mol. The Morgan fingerprint density at radius 2 is 1.62 bits per heavy atom. The third kappa shape index (κ3) is 4.85. The summed E-state index contributed by atoms with van der Waals surface area (Å²) in [6, 6.07) is 15.4. The molecule has 0 aliphatic heterocycles. The van der Waals surface area contributed by atoms with Gasteiger partial charge in [-0.1, -0.05) is 12.1 Å². The van der Waals surface area contributed by atoms with E-state index < -0.39 is 0 Å². The zero-order valence-corrected chi connectivity index (χ0v) is 18.8. The van der Waals surface area contributed by atoms with Crippen LogP contribution in [0.3, 0.4) is 0 Å². The molecule has 34 heavy (non-hydrogen) atoms. The number of methoxy groups -OCH3 is 2. The van der Waals surface area contributed by atoms with E-state index in [4.69, 9.17) is 18.6 Å². The molecule has 1 amide bonds. The second-order valence-corrected chi connectivity index (χ2v) is 7.47. The number of carbonyl (C=O) groups excluding carboxylic acids is 1. The van der Waals surface area contributed by atoms with Crippen LogP contribution in [0.5, 0.6) is 17.2 Å². The molecule has 1 heterocycles. The van der Waals surface area contributed by atoms with Crippen molar-refractivity contribution >= 4 is 22.6 Å². The number of halogens is 1. The molecule has 174 valence electrons. The molecule has 0 aliphatic rings. The van der Waals surface area contributed by atoms with Gasteiger partial charge < -0.3 is 23.9 Å². The molecule has 0 spiro atoms. The number of hydrogen-bond donors (Lipinski definition) is 1. The molecule has 1 aromatic heterocycles. The van der Waals surface area contributed by atoms with Crippen molar-refractivity contribution in [3.63, 3.8) is 0 Å². The zero-order chi connectivity index (χ0) is 24.2. The summed E-state index contributed by atoms with van der Waals surface area (Å²) < 4.78 is 35.1. The van der Waals surface area contributed by atoms with E-state index in [1.54, 1.807) is 43.3 Å². The summed E-state index contributed by atoms with van der Waals surface area (Å²) in [5.41, 5.74) is 1.53. The Bertz CT molecular complexity index is 1390. The van der Waals surface area contributed by atoms with Gasteiger partial charge in [0.25, 0.3) is 5.91 Å². The summed E-state index contributed by atoms with van der Waals surface area (Å²) in [5, 5.41) is 3.07. The van der Waals surface area contributed by atoms with Crippen LogP contribution in [0.2, 0.25) is 0 Å². The van der Waals surface area contributed by atoms with Gasteiger partial charge in [0.1, 0.15) is 34.4 Å². The summed E-state index contributed by atoms with van der Waals surface area (Å²) in [5.74, 6) is 1.06. The molecule has 0 fully saturated rings. The van der Waals surface area contributed by atoms with Crippen LogP contribution >= 0.6 is 0 Å². The van der Waals surface area contributed by atoms with Crippen LogP contribution < -0.4 is 25.0 Å². The maximum absolute atomic E-state index is 13.3. The molecule has 8 heteroatoms. The zero-order valence-electron chi connectivity index (χ0n) is 18.8. The van der Waals surface area contributed by atoms with E-state index in [1.807, 2.05) is 0 Å². The van der Waals surface area contributed by atoms with Crippen molar-refractivity contribution in [1.82, 2.24) is 0 Å². The van der Waals surface area contributed by atoms with Crippen LogP contribution in [-0.2, 0) is 4.79 Å². The van der Waals surface area contributed by atoms with Crippen LogP contribution in [-0.4, -0.2) is 26.7 Å². The van der Waals surface area contributed by atoms with Gasteiger partial charge in [-0.25, -0.2) is 4.39 Å². The van der Waals surface area contributed by atoms with Crippen molar-refractivity contribution in [2.24, 2.45) is 0 Å². The van der Waals surface area contributed by atoms with Gasteiger partial charge in [0.15, 0.2) is 6.61 Å². The number of rotatable bonds is 7. The molecule has 0 atom stereocenters. The molecule has 0 aliphatic carbocycles. The van der Waals surface area contributed by atoms with E-state index in [1.165, 1.54) is 38.5 Å². The Hall–Kier alpha value is -4.33. The lowest BCUT2D eigenvalue weighted by atomic mass is 10.0. The van der Waals surface area contributed by atoms with Gasteiger partial charge in [-0.05, 0) is 36.8 Å². The second-order valence-electron chi connectivity index (χ2n) is 7.47. The fraction of sp³-hybridized carbons (Fsp3) is 0.154. The van der Waals surface area contributed by atoms with Crippen LogP contribution in [0, 0.1) is 12.7 Å². The fourth-order valence-corrected chi connectivity index (χ4v) is 3.55. The lowest BCUT2D eigenvalue weighted by molar-refractivity contribution is -0.118. The SMILES string of the molecule is COc1cc(NC(=O)COc2ccc3c(=O)c(-c4ccc(F)cc4)c(C)oc3c2)cc(OC)c1. The third-order valence-corrected chi connectivity index (χ3v) is 5.18. The van der Waals surface area contributed by atoms with E-state index in [-0.39, 0.29) is 23.8 Å². The molecule has 4 rings (SSSR count). The van der Waals surface area contributed by atoms with Crippen LogP contribution in [0.15, 0.2) is 69.9 Å². The maximum Gasteiger partial charge on any atom is 0.262 e. The fourth-order valence-electron chi connectivity index (χ4n) is 3.55.